The van der Waals surface area contributed by atoms with Gasteiger partial charge >= 0.3 is 5.97 Å². The van der Waals surface area contributed by atoms with Crippen LogP contribution in [0.15, 0.2) is 77.1 Å². The summed E-state index contributed by atoms with van der Waals surface area (Å²) in [5.74, 6) is 0.640. The molecule has 0 saturated carbocycles. The predicted molar refractivity (Wildman–Crippen MR) is 125 cm³/mol. The van der Waals surface area contributed by atoms with Crippen molar-refractivity contribution in [2.45, 2.75) is 39.0 Å². The third-order valence-electron chi connectivity index (χ3n) is 5.85. The van der Waals surface area contributed by atoms with Gasteiger partial charge in [0.25, 0.3) is 0 Å². The first-order chi connectivity index (χ1) is 16.1. The molecule has 0 amide bonds. The van der Waals surface area contributed by atoms with Crippen LogP contribution in [-0.4, -0.2) is 31.6 Å². The van der Waals surface area contributed by atoms with Crippen molar-refractivity contribution in [2.24, 2.45) is 0 Å². The summed E-state index contributed by atoms with van der Waals surface area (Å²) in [6.45, 7) is 4.72. The molecule has 4 rings (SSSR count). The Morgan fingerprint density at radius 2 is 1.70 bits per heavy atom. The van der Waals surface area contributed by atoms with Gasteiger partial charge in [-0.2, -0.15) is 0 Å². The van der Waals surface area contributed by atoms with E-state index in [9.17, 15) is 9.59 Å². The Bertz CT molecular complexity index is 1070. The summed E-state index contributed by atoms with van der Waals surface area (Å²) in [5.41, 5.74) is 3.63. The molecule has 1 atom stereocenters. The number of hydrogen-bond acceptors (Lipinski definition) is 6. The second kappa shape index (κ2) is 10.4. The number of para-hydroxylation sites is 1. The molecule has 172 valence electrons. The van der Waals surface area contributed by atoms with Crippen molar-refractivity contribution in [3.63, 3.8) is 0 Å². The molecule has 0 unspecified atom stereocenters. The zero-order valence-corrected chi connectivity index (χ0v) is 19.1. The monoisotopic (exact) mass is 447 g/mol. The van der Waals surface area contributed by atoms with E-state index in [-0.39, 0.29) is 19.0 Å². The molecular formula is C27H29NO5. The van der Waals surface area contributed by atoms with E-state index in [0.29, 0.717) is 24.2 Å². The van der Waals surface area contributed by atoms with Gasteiger partial charge in [0.15, 0.2) is 5.78 Å². The van der Waals surface area contributed by atoms with Crippen LogP contribution in [0.3, 0.4) is 0 Å². The molecule has 2 aromatic carbocycles. The molecule has 2 aliphatic rings. The first kappa shape index (κ1) is 22.6. The molecule has 33 heavy (non-hydrogen) atoms. The number of Topliss-reactive ketones (excluding diaryl/α,β-unsaturated/α-hetero) is 1. The van der Waals surface area contributed by atoms with E-state index in [1.54, 1.807) is 0 Å². The number of rotatable bonds is 8. The van der Waals surface area contributed by atoms with Crippen molar-refractivity contribution >= 4 is 11.8 Å². The molecule has 6 nitrogen and oxygen atoms in total. The number of hydrogen-bond donors (Lipinski definition) is 1. The van der Waals surface area contributed by atoms with Crippen molar-refractivity contribution in [1.29, 1.82) is 0 Å². The Morgan fingerprint density at radius 3 is 2.42 bits per heavy atom. The van der Waals surface area contributed by atoms with Crippen LogP contribution in [0.4, 0.5) is 0 Å². The zero-order valence-electron chi connectivity index (χ0n) is 19.1. The van der Waals surface area contributed by atoms with Crippen LogP contribution in [0.1, 0.15) is 44.6 Å². The number of benzene rings is 2. The van der Waals surface area contributed by atoms with Crippen LogP contribution < -0.4 is 14.8 Å². The van der Waals surface area contributed by atoms with Crippen molar-refractivity contribution in [1.82, 2.24) is 5.32 Å². The first-order valence-corrected chi connectivity index (χ1v) is 11.4. The van der Waals surface area contributed by atoms with Crippen molar-refractivity contribution < 1.29 is 23.8 Å². The van der Waals surface area contributed by atoms with E-state index in [4.69, 9.17) is 14.2 Å². The van der Waals surface area contributed by atoms with Gasteiger partial charge in [0.1, 0.15) is 24.7 Å². The lowest BCUT2D eigenvalue weighted by Crippen LogP contribution is -2.34. The predicted octanol–water partition coefficient (Wildman–Crippen LogP) is 4.68. The number of allylic oxidation sites excluding steroid dienone is 3. The highest BCUT2D eigenvalue weighted by atomic mass is 16.6. The van der Waals surface area contributed by atoms with E-state index in [1.165, 1.54) is 0 Å². The molecule has 0 fully saturated rings. The molecule has 1 aliphatic heterocycles. The third-order valence-corrected chi connectivity index (χ3v) is 5.85. The maximum Gasteiger partial charge on any atom is 0.336 e. The van der Waals surface area contributed by atoms with Gasteiger partial charge in [-0.3, -0.25) is 4.79 Å². The lowest BCUT2D eigenvalue weighted by molar-refractivity contribution is -0.140. The molecule has 0 saturated heterocycles. The zero-order chi connectivity index (χ0) is 23.2. The molecule has 1 aliphatic carbocycles. The lowest BCUT2D eigenvalue weighted by Gasteiger charge is -2.34. The number of esters is 1. The summed E-state index contributed by atoms with van der Waals surface area (Å²) >= 11 is 0. The van der Waals surface area contributed by atoms with Gasteiger partial charge < -0.3 is 19.5 Å². The molecular weight excluding hydrogens is 418 g/mol. The standard InChI is InChI=1S/C27H29NO5/c1-3-31-21-14-12-19(13-15-21)25-24(18(2)28-22-10-7-11-23(29)26(22)25)27(30)33-17-16-32-20-8-5-4-6-9-20/h4-6,8-9,12-15,25,28H,3,7,10-11,16-17H2,1-2H3/t25-/m1/s1. The van der Waals surface area contributed by atoms with E-state index in [0.717, 1.165) is 41.3 Å². The summed E-state index contributed by atoms with van der Waals surface area (Å²) < 4.78 is 16.8. The van der Waals surface area contributed by atoms with Crippen molar-refractivity contribution in [3.8, 4) is 11.5 Å². The maximum atomic E-state index is 13.2. The van der Waals surface area contributed by atoms with Crippen LogP contribution in [0.5, 0.6) is 11.5 Å². The fourth-order valence-electron chi connectivity index (χ4n) is 4.40. The Morgan fingerprint density at radius 1 is 0.970 bits per heavy atom. The number of ether oxygens (including phenoxy) is 3. The van der Waals surface area contributed by atoms with Gasteiger partial charge in [-0.05, 0) is 56.5 Å². The number of carbonyl (C=O) groups excluding carboxylic acids is 2. The van der Waals surface area contributed by atoms with Crippen molar-refractivity contribution in [3.05, 3.63) is 82.7 Å². The van der Waals surface area contributed by atoms with Gasteiger partial charge in [-0.25, -0.2) is 4.79 Å². The van der Waals surface area contributed by atoms with Crippen LogP contribution >= 0.6 is 0 Å². The largest absolute Gasteiger partial charge is 0.494 e. The minimum atomic E-state index is -0.465. The quantitative estimate of drug-likeness (QED) is 0.468. The minimum absolute atomic E-state index is 0.0767. The molecule has 0 radical (unpaired) electrons. The summed E-state index contributed by atoms with van der Waals surface area (Å²) in [4.78, 5) is 26.2. The van der Waals surface area contributed by atoms with Crippen LogP contribution in [-0.2, 0) is 14.3 Å². The van der Waals surface area contributed by atoms with E-state index < -0.39 is 11.9 Å². The second-order valence-electron chi connectivity index (χ2n) is 8.07. The molecule has 0 aromatic heterocycles. The SMILES string of the molecule is CCOc1ccc([C@@H]2C(C(=O)OCCOc3ccccc3)=C(C)NC3=C2C(=O)CCC3)cc1. The topological polar surface area (TPSA) is 73.9 Å². The van der Waals surface area contributed by atoms with Gasteiger partial charge in [-0.1, -0.05) is 30.3 Å². The van der Waals surface area contributed by atoms with E-state index in [2.05, 4.69) is 5.32 Å². The van der Waals surface area contributed by atoms with Gasteiger partial charge in [0.2, 0.25) is 0 Å². The number of nitrogens with one attached hydrogen (secondary N) is 1. The normalized spacial score (nSPS) is 17.9. The van der Waals surface area contributed by atoms with Gasteiger partial charge in [-0.15, -0.1) is 0 Å². The van der Waals surface area contributed by atoms with Crippen LogP contribution in [0, 0.1) is 0 Å². The van der Waals surface area contributed by atoms with Crippen LogP contribution in [0.25, 0.3) is 0 Å². The smallest absolute Gasteiger partial charge is 0.336 e. The Kier molecular flexibility index (Phi) is 7.13. The Balaban J connectivity index is 1.56. The summed E-state index contributed by atoms with van der Waals surface area (Å²) in [7, 11) is 0. The summed E-state index contributed by atoms with van der Waals surface area (Å²) in [6.07, 6.45) is 2.09. The minimum Gasteiger partial charge on any atom is -0.494 e. The van der Waals surface area contributed by atoms with E-state index in [1.807, 2.05) is 68.4 Å². The van der Waals surface area contributed by atoms with Crippen molar-refractivity contribution in [2.75, 3.05) is 19.8 Å². The van der Waals surface area contributed by atoms with Crippen LogP contribution in [0.2, 0.25) is 0 Å². The molecule has 0 spiro atoms. The summed E-state index contributed by atoms with van der Waals surface area (Å²) in [5, 5.41) is 3.31. The molecule has 1 heterocycles. The number of dihydropyridines is 1. The first-order valence-electron chi connectivity index (χ1n) is 11.4. The number of ketones is 1. The Hall–Kier alpha value is -3.54. The average molecular weight is 448 g/mol. The van der Waals surface area contributed by atoms with E-state index >= 15 is 0 Å². The highest BCUT2D eigenvalue weighted by Gasteiger charge is 2.39. The summed E-state index contributed by atoms with van der Waals surface area (Å²) in [6, 6.07) is 17.0. The number of carbonyl (C=O) groups is 2. The molecule has 6 heteroatoms. The fourth-order valence-corrected chi connectivity index (χ4v) is 4.40. The molecule has 2 aromatic rings. The lowest BCUT2D eigenvalue weighted by atomic mass is 9.75. The Labute approximate surface area is 194 Å². The highest BCUT2D eigenvalue weighted by molar-refractivity contribution is 6.03. The second-order valence-corrected chi connectivity index (χ2v) is 8.07. The molecule has 1 N–H and O–H groups in total. The van der Waals surface area contributed by atoms with Gasteiger partial charge in [0, 0.05) is 29.3 Å². The maximum absolute atomic E-state index is 13.2. The van der Waals surface area contributed by atoms with Gasteiger partial charge in [0.05, 0.1) is 12.2 Å². The molecule has 0 bridgehead atoms. The highest BCUT2D eigenvalue weighted by Crippen LogP contribution is 2.42. The third kappa shape index (κ3) is 5.11. The average Bonchev–Trinajstić information content (AvgIpc) is 2.82. The fraction of sp³-hybridized carbons (Fsp3) is 0.333.